The Labute approximate surface area is 88.9 Å². The third-order valence-corrected chi connectivity index (χ3v) is 2.71. The summed E-state index contributed by atoms with van der Waals surface area (Å²) in [4.78, 5) is 13.0. The summed E-state index contributed by atoms with van der Waals surface area (Å²) < 4.78 is 2.03. The van der Waals surface area contributed by atoms with Crippen molar-refractivity contribution in [2.45, 2.75) is 6.92 Å². The zero-order valence-electron chi connectivity index (χ0n) is 9.19. The van der Waals surface area contributed by atoms with E-state index >= 15 is 0 Å². The zero-order valence-corrected chi connectivity index (χ0v) is 9.19. The predicted molar refractivity (Wildman–Crippen MR) is 62.0 cm³/mol. The molecule has 3 nitrogen and oxygen atoms in total. The van der Waals surface area contributed by atoms with Crippen molar-refractivity contribution in [2.24, 2.45) is 7.05 Å². The summed E-state index contributed by atoms with van der Waals surface area (Å²) in [5, 5.41) is 1.11. The van der Waals surface area contributed by atoms with E-state index in [1.54, 1.807) is 18.9 Å². The number of carbonyl (C=O) groups is 1. The maximum atomic E-state index is 11.3. The molecule has 1 amide bonds. The number of anilines is 1. The molecule has 0 unspecified atom stereocenters. The highest BCUT2D eigenvalue weighted by Gasteiger charge is 2.12. The van der Waals surface area contributed by atoms with Gasteiger partial charge in [-0.05, 0) is 6.07 Å². The van der Waals surface area contributed by atoms with Gasteiger partial charge in [0.05, 0.1) is 5.69 Å². The molecular weight excluding hydrogens is 188 g/mol. The lowest BCUT2D eigenvalue weighted by Gasteiger charge is -2.12. The van der Waals surface area contributed by atoms with Crippen LogP contribution in [0.3, 0.4) is 0 Å². The number of hydrogen-bond acceptors (Lipinski definition) is 1. The van der Waals surface area contributed by atoms with Crippen LogP contribution < -0.4 is 4.90 Å². The minimum Gasteiger partial charge on any atom is -0.348 e. The van der Waals surface area contributed by atoms with Gasteiger partial charge in [-0.1, -0.05) is 18.2 Å². The predicted octanol–water partition coefficient (Wildman–Crippen LogP) is 2.16. The lowest BCUT2D eigenvalue weighted by Crippen LogP contribution is -2.22. The number of para-hydroxylation sites is 1. The summed E-state index contributed by atoms with van der Waals surface area (Å²) in [7, 11) is 3.78. The third kappa shape index (κ3) is 1.50. The van der Waals surface area contributed by atoms with E-state index in [4.69, 9.17) is 0 Å². The first-order valence-electron chi connectivity index (χ1n) is 4.89. The van der Waals surface area contributed by atoms with Gasteiger partial charge in [0.1, 0.15) is 0 Å². The van der Waals surface area contributed by atoms with Crippen molar-refractivity contribution >= 4 is 22.5 Å². The molecule has 0 aliphatic heterocycles. The fourth-order valence-electron chi connectivity index (χ4n) is 1.76. The molecule has 0 atom stereocenters. The normalized spacial score (nSPS) is 10.6. The van der Waals surface area contributed by atoms with Gasteiger partial charge in [0.25, 0.3) is 0 Å². The highest BCUT2D eigenvalue weighted by atomic mass is 16.2. The van der Waals surface area contributed by atoms with E-state index in [2.05, 4.69) is 0 Å². The first-order chi connectivity index (χ1) is 7.11. The summed E-state index contributed by atoms with van der Waals surface area (Å²) >= 11 is 0. The van der Waals surface area contributed by atoms with Gasteiger partial charge in [0, 0.05) is 38.1 Å². The van der Waals surface area contributed by atoms with Crippen LogP contribution in [0.2, 0.25) is 0 Å². The van der Waals surface area contributed by atoms with Crippen LogP contribution in [0, 0.1) is 0 Å². The number of aromatic nitrogens is 1. The number of hydrogen-bond donors (Lipinski definition) is 0. The van der Waals surface area contributed by atoms with Crippen LogP contribution in [0.5, 0.6) is 0 Å². The molecule has 78 valence electrons. The minimum absolute atomic E-state index is 0.0475. The molecule has 0 fully saturated rings. The second-order valence-electron chi connectivity index (χ2n) is 3.72. The van der Waals surface area contributed by atoms with Crippen LogP contribution in [0.4, 0.5) is 5.69 Å². The monoisotopic (exact) mass is 202 g/mol. The van der Waals surface area contributed by atoms with Crippen molar-refractivity contribution in [2.75, 3.05) is 11.9 Å². The Morgan fingerprint density at radius 2 is 2.00 bits per heavy atom. The lowest BCUT2D eigenvalue weighted by atomic mass is 10.2. The molecule has 0 aliphatic rings. The quantitative estimate of drug-likeness (QED) is 0.695. The zero-order chi connectivity index (χ0) is 11.0. The van der Waals surface area contributed by atoms with E-state index in [-0.39, 0.29) is 5.91 Å². The Balaban J connectivity index is 2.67. The van der Waals surface area contributed by atoms with Crippen molar-refractivity contribution < 1.29 is 4.79 Å². The maximum absolute atomic E-state index is 11.3. The molecule has 1 aromatic heterocycles. The molecule has 0 saturated carbocycles. The molecule has 0 spiro atoms. The van der Waals surface area contributed by atoms with Gasteiger partial charge in [-0.15, -0.1) is 0 Å². The molecule has 1 aromatic carbocycles. The van der Waals surface area contributed by atoms with Gasteiger partial charge in [0.15, 0.2) is 0 Å². The van der Waals surface area contributed by atoms with Gasteiger partial charge in [-0.3, -0.25) is 4.79 Å². The van der Waals surface area contributed by atoms with E-state index in [9.17, 15) is 4.79 Å². The highest BCUT2D eigenvalue weighted by molar-refractivity contribution is 6.02. The second kappa shape index (κ2) is 3.42. The molecule has 15 heavy (non-hydrogen) atoms. The molecule has 1 heterocycles. The van der Waals surface area contributed by atoms with Crippen molar-refractivity contribution in [3.8, 4) is 0 Å². The summed E-state index contributed by atoms with van der Waals surface area (Å²) in [6, 6.07) is 8.07. The largest absolute Gasteiger partial charge is 0.348 e. The van der Waals surface area contributed by atoms with E-state index < -0.39 is 0 Å². The molecule has 2 aromatic rings. The molecule has 0 radical (unpaired) electrons. The highest BCUT2D eigenvalue weighted by Crippen LogP contribution is 2.27. The number of benzene rings is 1. The van der Waals surface area contributed by atoms with Crippen molar-refractivity contribution in [3.05, 3.63) is 30.5 Å². The van der Waals surface area contributed by atoms with Crippen LogP contribution in [0.1, 0.15) is 6.92 Å². The third-order valence-electron chi connectivity index (χ3n) is 2.71. The number of amides is 1. The Morgan fingerprint density at radius 1 is 1.33 bits per heavy atom. The summed E-state index contributed by atoms with van der Waals surface area (Å²) in [6.07, 6.45) is 1.98. The fourth-order valence-corrected chi connectivity index (χ4v) is 1.76. The Hall–Kier alpha value is -1.77. The van der Waals surface area contributed by atoms with Crippen molar-refractivity contribution in [1.82, 2.24) is 4.57 Å². The standard InChI is InChI=1S/C12H14N2O/c1-9(15)14(3)12-8-13(2)11-7-5-4-6-10(11)12/h4-8H,1-3H3. The smallest absolute Gasteiger partial charge is 0.223 e. The van der Waals surface area contributed by atoms with E-state index in [0.717, 1.165) is 16.6 Å². The van der Waals surface area contributed by atoms with E-state index in [1.807, 2.05) is 42.1 Å². The van der Waals surface area contributed by atoms with Gasteiger partial charge < -0.3 is 9.47 Å². The first kappa shape index (κ1) is 9.77. The number of aryl methyl sites for hydroxylation is 1. The van der Waals surface area contributed by atoms with Crippen LogP contribution >= 0.6 is 0 Å². The molecule has 3 heteroatoms. The number of rotatable bonds is 1. The van der Waals surface area contributed by atoms with Crippen LogP contribution in [0.15, 0.2) is 30.5 Å². The van der Waals surface area contributed by atoms with Gasteiger partial charge >= 0.3 is 0 Å². The van der Waals surface area contributed by atoms with Crippen LogP contribution in [-0.4, -0.2) is 17.5 Å². The molecular formula is C12H14N2O. The molecule has 0 saturated heterocycles. The summed E-state index contributed by atoms with van der Waals surface area (Å²) in [6.45, 7) is 1.57. The fraction of sp³-hybridized carbons (Fsp3) is 0.250. The van der Waals surface area contributed by atoms with Gasteiger partial charge in [-0.25, -0.2) is 0 Å². The number of nitrogens with zero attached hydrogens (tertiary/aromatic N) is 2. The maximum Gasteiger partial charge on any atom is 0.223 e. The lowest BCUT2D eigenvalue weighted by molar-refractivity contribution is -0.116. The van der Waals surface area contributed by atoms with Crippen molar-refractivity contribution in [1.29, 1.82) is 0 Å². The molecule has 0 N–H and O–H groups in total. The topological polar surface area (TPSA) is 25.2 Å². The molecule has 2 rings (SSSR count). The second-order valence-corrected chi connectivity index (χ2v) is 3.72. The van der Waals surface area contributed by atoms with E-state index in [0.29, 0.717) is 0 Å². The van der Waals surface area contributed by atoms with Gasteiger partial charge in [0.2, 0.25) is 5.91 Å². The van der Waals surface area contributed by atoms with Crippen molar-refractivity contribution in [3.63, 3.8) is 0 Å². The SMILES string of the molecule is CC(=O)N(C)c1cn(C)c2ccccc12. The molecule has 0 bridgehead atoms. The average Bonchev–Trinajstić information content (AvgIpc) is 2.56. The Morgan fingerprint density at radius 3 is 2.67 bits per heavy atom. The Bertz CT molecular complexity index is 513. The number of carbonyl (C=O) groups excluding carboxylic acids is 1. The minimum atomic E-state index is 0.0475. The van der Waals surface area contributed by atoms with Gasteiger partial charge in [-0.2, -0.15) is 0 Å². The first-order valence-corrected chi connectivity index (χ1v) is 4.89. The van der Waals surface area contributed by atoms with E-state index in [1.165, 1.54) is 0 Å². The Kier molecular flexibility index (Phi) is 2.23. The van der Waals surface area contributed by atoms with Crippen LogP contribution in [-0.2, 0) is 11.8 Å². The summed E-state index contributed by atoms with van der Waals surface area (Å²) in [5.41, 5.74) is 2.10. The van der Waals surface area contributed by atoms with Crippen LogP contribution in [0.25, 0.3) is 10.9 Å². The summed E-state index contributed by atoms with van der Waals surface area (Å²) in [5.74, 6) is 0.0475. The molecule has 0 aliphatic carbocycles. The number of fused-ring (bicyclic) bond motifs is 1. The average molecular weight is 202 g/mol.